The van der Waals surface area contributed by atoms with E-state index < -0.39 is 0 Å². The predicted molar refractivity (Wildman–Crippen MR) is 70.7 cm³/mol. The Morgan fingerprint density at radius 2 is 2.00 bits per heavy atom. The van der Waals surface area contributed by atoms with Gasteiger partial charge < -0.3 is 0 Å². The summed E-state index contributed by atoms with van der Waals surface area (Å²) in [5.41, 5.74) is 1.86. The summed E-state index contributed by atoms with van der Waals surface area (Å²) in [6, 6.07) is 0. The molecule has 1 aliphatic rings. The molecule has 0 bridgehead atoms. The molecule has 0 amide bonds. The summed E-state index contributed by atoms with van der Waals surface area (Å²) < 4.78 is 0. The van der Waals surface area contributed by atoms with Crippen molar-refractivity contribution in [2.45, 2.75) is 39.2 Å². The second-order valence-corrected chi connectivity index (χ2v) is 6.26. The van der Waals surface area contributed by atoms with Gasteiger partial charge in [0.2, 0.25) is 0 Å². The van der Waals surface area contributed by atoms with Gasteiger partial charge in [-0.05, 0) is 39.7 Å². The van der Waals surface area contributed by atoms with Gasteiger partial charge in [-0.15, -0.1) is 11.3 Å². The number of rotatable bonds is 1. The molecule has 1 saturated heterocycles. The number of likely N-dealkylation sites (tertiary alicyclic amines) is 1. The van der Waals surface area contributed by atoms with E-state index in [2.05, 4.69) is 36.7 Å². The molecule has 2 nitrogen and oxygen atoms in total. The van der Waals surface area contributed by atoms with E-state index in [0.717, 1.165) is 5.01 Å². The van der Waals surface area contributed by atoms with Crippen LogP contribution in [0, 0.1) is 0 Å². The molecule has 0 saturated carbocycles. The van der Waals surface area contributed by atoms with Crippen molar-refractivity contribution < 1.29 is 0 Å². The molecule has 1 aromatic rings. The van der Waals surface area contributed by atoms with E-state index >= 15 is 0 Å². The quantitative estimate of drug-likeness (QED) is 0.742. The van der Waals surface area contributed by atoms with Gasteiger partial charge in [-0.25, -0.2) is 4.98 Å². The normalized spacial score (nSPS) is 18.8. The topological polar surface area (TPSA) is 16.1 Å². The predicted octanol–water partition coefficient (Wildman–Crippen LogP) is 3.42. The van der Waals surface area contributed by atoms with Gasteiger partial charge in [0.25, 0.3) is 0 Å². The molecule has 0 atom stereocenters. The molecule has 16 heavy (non-hydrogen) atoms. The zero-order valence-corrected chi connectivity index (χ0v) is 11.2. The fourth-order valence-electron chi connectivity index (χ4n) is 2.09. The maximum absolute atomic E-state index is 4.31. The Morgan fingerprint density at radius 1 is 1.31 bits per heavy atom. The number of thiazole rings is 1. The monoisotopic (exact) mass is 236 g/mol. The number of hydrogen-bond donors (Lipinski definition) is 0. The molecule has 2 heterocycles. The number of hydrogen-bond acceptors (Lipinski definition) is 3. The van der Waals surface area contributed by atoms with Crippen molar-refractivity contribution in [1.82, 2.24) is 9.88 Å². The first-order chi connectivity index (χ1) is 7.55. The molecular weight excluding hydrogens is 216 g/mol. The summed E-state index contributed by atoms with van der Waals surface area (Å²) in [6.45, 7) is 9.25. The van der Waals surface area contributed by atoms with Crippen molar-refractivity contribution in [2.24, 2.45) is 0 Å². The van der Waals surface area contributed by atoms with Crippen LogP contribution in [0.1, 0.15) is 38.6 Å². The maximum atomic E-state index is 4.31. The van der Waals surface area contributed by atoms with Crippen LogP contribution in [0.5, 0.6) is 0 Å². The highest BCUT2D eigenvalue weighted by atomic mass is 32.1. The van der Waals surface area contributed by atoms with Crippen LogP contribution < -0.4 is 0 Å². The largest absolute Gasteiger partial charge is 0.298 e. The molecule has 88 valence electrons. The molecule has 1 fully saturated rings. The second-order valence-electron chi connectivity index (χ2n) is 5.33. The van der Waals surface area contributed by atoms with Crippen LogP contribution in [-0.4, -0.2) is 28.5 Å². The summed E-state index contributed by atoms with van der Waals surface area (Å²) in [4.78, 5) is 6.87. The minimum Gasteiger partial charge on any atom is -0.298 e. The Labute approximate surface area is 102 Å². The van der Waals surface area contributed by atoms with E-state index in [1.165, 1.54) is 25.9 Å². The molecule has 0 aliphatic carbocycles. The average molecular weight is 236 g/mol. The fourth-order valence-corrected chi connectivity index (χ4v) is 2.71. The van der Waals surface area contributed by atoms with Crippen molar-refractivity contribution in [3.8, 4) is 0 Å². The lowest BCUT2D eigenvalue weighted by Gasteiger charge is -2.39. The van der Waals surface area contributed by atoms with E-state index in [1.807, 2.05) is 11.6 Å². The average Bonchev–Trinajstić information content (AvgIpc) is 2.70. The minimum atomic E-state index is 0.312. The van der Waals surface area contributed by atoms with Crippen molar-refractivity contribution in [3.05, 3.63) is 22.2 Å². The first-order valence-electron chi connectivity index (χ1n) is 5.90. The van der Waals surface area contributed by atoms with Crippen molar-refractivity contribution in [3.63, 3.8) is 0 Å². The van der Waals surface area contributed by atoms with E-state index in [4.69, 9.17) is 0 Å². The number of aromatic nitrogens is 1. The molecular formula is C13H20N2S. The zero-order chi connectivity index (χ0) is 11.6. The lowest BCUT2D eigenvalue weighted by atomic mass is 9.97. The van der Waals surface area contributed by atoms with E-state index in [1.54, 1.807) is 16.9 Å². The third-order valence-electron chi connectivity index (χ3n) is 3.13. The number of nitrogens with zero attached hydrogens (tertiary/aromatic N) is 2. The van der Waals surface area contributed by atoms with E-state index in [9.17, 15) is 0 Å². The molecule has 0 N–H and O–H groups in total. The third kappa shape index (κ3) is 2.92. The Balaban J connectivity index is 1.95. The first-order valence-corrected chi connectivity index (χ1v) is 6.78. The van der Waals surface area contributed by atoms with Gasteiger partial charge in [0.15, 0.2) is 0 Å². The smallest absolute Gasteiger partial charge is 0.115 e. The van der Waals surface area contributed by atoms with Gasteiger partial charge in [-0.1, -0.05) is 5.57 Å². The summed E-state index contributed by atoms with van der Waals surface area (Å²) in [5, 5.41) is 3.19. The van der Waals surface area contributed by atoms with Crippen LogP contribution in [0.4, 0.5) is 0 Å². The zero-order valence-electron chi connectivity index (χ0n) is 10.4. The van der Waals surface area contributed by atoms with Gasteiger partial charge in [0.05, 0.1) is 0 Å². The van der Waals surface area contributed by atoms with Crippen molar-refractivity contribution in [2.75, 3.05) is 13.1 Å². The maximum Gasteiger partial charge on any atom is 0.115 e. The van der Waals surface area contributed by atoms with Crippen LogP contribution in [-0.2, 0) is 0 Å². The minimum absolute atomic E-state index is 0.312. The summed E-state index contributed by atoms with van der Waals surface area (Å²) in [5.74, 6) is 0. The Hall–Kier alpha value is -0.670. The molecule has 3 heteroatoms. The lowest BCUT2D eigenvalue weighted by Crippen LogP contribution is -2.44. The highest BCUT2D eigenvalue weighted by Crippen LogP contribution is 2.25. The van der Waals surface area contributed by atoms with Crippen LogP contribution in [0.2, 0.25) is 0 Å². The molecule has 2 rings (SSSR count). The molecule has 0 radical (unpaired) electrons. The van der Waals surface area contributed by atoms with Crippen LogP contribution in [0.25, 0.3) is 6.08 Å². The SMILES string of the molecule is CC(C)(C)N1CCC(=Cc2nccs2)CC1. The van der Waals surface area contributed by atoms with Crippen LogP contribution in [0.3, 0.4) is 0 Å². The van der Waals surface area contributed by atoms with Gasteiger partial charge in [0.1, 0.15) is 5.01 Å². The van der Waals surface area contributed by atoms with Gasteiger partial charge in [-0.3, -0.25) is 4.90 Å². The van der Waals surface area contributed by atoms with Gasteiger partial charge in [0, 0.05) is 30.2 Å². The molecule has 1 aromatic heterocycles. The van der Waals surface area contributed by atoms with E-state index in [0.29, 0.717) is 5.54 Å². The third-order valence-corrected chi connectivity index (χ3v) is 3.86. The van der Waals surface area contributed by atoms with Gasteiger partial charge in [-0.2, -0.15) is 0 Å². The van der Waals surface area contributed by atoms with Crippen LogP contribution >= 0.6 is 11.3 Å². The lowest BCUT2D eigenvalue weighted by molar-refractivity contribution is 0.126. The Kier molecular flexibility index (Phi) is 3.45. The second kappa shape index (κ2) is 4.68. The van der Waals surface area contributed by atoms with E-state index in [-0.39, 0.29) is 0 Å². The molecule has 0 spiro atoms. The van der Waals surface area contributed by atoms with Crippen molar-refractivity contribution >= 4 is 17.4 Å². The molecule has 1 aliphatic heterocycles. The van der Waals surface area contributed by atoms with Crippen molar-refractivity contribution in [1.29, 1.82) is 0 Å². The molecule has 0 aromatic carbocycles. The highest BCUT2D eigenvalue weighted by molar-refractivity contribution is 7.10. The fraction of sp³-hybridized carbons (Fsp3) is 0.615. The Morgan fingerprint density at radius 3 is 2.50 bits per heavy atom. The first kappa shape index (κ1) is 11.8. The van der Waals surface area contributed by atoms with Gasteiger partial charge >= 0.3 is 0 Å². The standard InChI is InChI=1S/C13H20N2S/c1-13(2,3)15-7-4-11(5-8-15)10-12-14-6-9-16-12/h6,9-10H,4-5,7-8H2,1-3H3. The highest BCUT2D eigenvalue weighted by Gasteiger charge is 2.24. The Bertz CT molecular complexity index is 350. The summed E-state index contributed by atoms with van der Waals surface area (Å²) in [7, 11) is 0. The summed E-state index contributed by atoms with van der Waals surface area (Å²) in [6.07, 6.45) is 6.53. The summed E-state index contributed by atoms with van der Waals surface area (Å²) >= 11 is 1.72. The number of piperidine rings is 1. The van der Waals surface area contributed by atoms with Crippen LogP contribution in [0.15, 0.2) is 17.2 Å². The molecule has 0 unspecified atom stereocenters.